The average Bonchev–Trinajstić information content (AvgIpc) is 2.93. The van der Waals surface area contributed by atoms with Gasteiger partial charge in [0.1, 0.15) is 5.75 Å². The van der Waals surface area contributed by atoms with Crippen LogP contribution in [0, 0.1) is 0 Å². The number of pyridine rings is 1. The Morgan fingerprint density at radius 3 is 3.06 bits per heavy atom. The lowest BCUT2D eigenvalue weighted by Crippen LogP contribution is -2.28. The Labute approximate surface area is 111 Å². The van der Waals surface area contributed by atoms with Gasteiger partial charge in [-0.05, 0) is 41.3 Å². The molecule has 2 rings (SSSR count). The average molecular weight is 263 g/mol. The van der Waals surface area contributed by atoms with Crippen molar-refractivity contribution in [2.45, 2.75) is 18.9 Å². The van der Waals surface area contributed by atoms with Crippen LogP contribution >= 0.6 is 11.3 Å². The van der Waals surface area contributed by atoms with Gasteiger partial charge in [-0.2, -0.15) is 11.3 Å². The first kappa shape index (κ1) is 13.0. The van der Waals surface area contributed by atoms with Crippen molar-refractivity contribution >= 4 is 11.3 Å². The van der Waals surface area contributed by atoms with Crippen LogP contribution in [0.5, 0.6) is 5.75 Å². The van der Waals surface area contributed by atoms with E-state index in [9.17, 15) is 0 Å². The SMILES string of the molecule is COc1cnccc1C(CCc1ccsc1)NN. The maximum atomic E-state index is 5.64. The van der Waals surface area contributed by atoms with Crippen molar-refractivity contribution in [2.75, 3.05) is 7.11 Å². The number of hydrazine groups is 1. The Kier molecular flexibility index (Phi) is 4.69. The Hall–Kier alpha value is -1.43. The molecule has 0 saturated heterocycles. The maximum Gasteiger partial charge on any atom is 0.141 e. The first-order chi connectivity index (χ1) is 8.85. The number of aromatic nitrogens is 1. The van der Waals surface area contributed by atoms with Crippen LogP contribution in [-0.4, -0.2) is 12.1 Å². The van der Waals surface area contributed by atoms with E-state index in [2.05, 4.69) is 27.2 Å². The number of nitrogens with zero attached hydrogens (tertiary/aromatic N) is 1. The Bertz CT molecular complexity index is 473. The zero-order valence-corrected chi connectivity index (χ0v) is 11.1. The summed E-state index contributed by atoms with van der Waals surface area (Å²) in [4.78, 5) is 4.05. The van der Waals surface area contributed by atoms with Crippen molar-refractivity contribution < 1.29 is 4.74 Å². The van der Waals surface area contributed by atoms with E-state index in [1.54, 1.807) is 30.8 Å². The summed E-state index contributed by atoms with van der Waals surface area (Å²) in [5.74, 6) is 6.41. The number of nitrogens with two attached hydrogens (primary N) is 1. The lowest BCUT2D eigenvalue weighted by molar-refractivity contribution is 0.394. The van der Waals surface area contributed by atoms with Crippen LogP contribution in [0.4, 0.5) is 0 Å². The molecule has 0 fully saturated rings. The maximum absolute atomic E-state index is 5.64. The van der Waals surface area contributed by atoms with Crippen LogP contribution in [-0.2, 0) is 6.42 Å². The minimum Gasteiger partial charge on any atom is -0.495 e. The van der Waals surface area contributed by atoms with Gasteiger partial charge in [-0.25, -0.2) is 0 Å². The smallest absolute Gasteiger partial charge is 0.141 e. The molecule has 3 N–H and O–H groups in total. The van der Waals surface area contributed by atoms with Gasteiger partial charge in [0.05, 0.1) is 19.3 Å². The van der Waals surface area contributed by atoms with Crippen LogP contribution in [0.15, 0.2) is 35.3 Å². The van der Waals surface area contributed by atoms with Gasteiger partial charge in [0.2, 0.25) is 0 Å². The number of nitrogens with one attached hydrogen (secondary N) is 1. The number of rotatable bonds is 6. The number of methoxy groups -OCH3 is 1. The molecule has 0 saturated carbocycles. The molecule has 2 heterocycles. The van der Waals surface area contributed by atoms with Crippen molar-refractivity contribution in [1.82, 2.24) is 10.4 Å². The summed E-state index contributed by atoms with van der Waals surface area (Å²) in [6, 6.07) is 4.15. The number of hydrogen-bond donors (Lipinski definition) is 2. The van der Waals surface area contributed by atoms with E-state index in [1.807, 2.05) is 6.07 Å². The molecule has 96 valence electrons. The van der Waals surface area contributed by atoms with Crippen molar-refractivity contribution in [3.8, 4) is 5.75 Å². The van der Waals surface area contributed by atoms with Crippen molar-refractivity contribution in [3.63, 3.8) is 0 Å². The Morgan fingerprint density at radius 2 is 2.39 bits per heavy atom. The fraction of sp³-hybridized carbons (Fsp3) is 0.308. The summed E-state index contributed by atoms with van der Waals surface area (Å²) >= 11 is 1.72. The number of hydrogen-bond acceptors (Lipinski definition) is 5. The van der Waals surface area contributed by atoms with Gasteiger partial charge in [0.15, 0.2) is 0 Å². The number of thiophene rings is 1. The fourth-order valence-corrected chi connectivity index (χ4v) is 2.63. The van der Waals surface area contributed by atoms with Crippen LogP contribution in [0.25, 0.3) is 0 Å². The van der Waals surface area contributed by atoms with E-state index >= 15 is 0 Å². The first-order valence-electron chi connectivity index (χ1n) is 5.80. The predicted octanol–water partition coefficient (Wildman–Crippen LogP) is 2.29. The van der Waals surface area contributed by atoms with Gasteiger partial charge in [-0.1, -0.05) is 0 Å². The van der Waals surface area contributed by atoms with Crippen molar-refractivity contribution in [2.24, 2.45) is 5.84 Å². The van der Waals surface area contributed by atoms with Crippen LogP contribution in [0.3, 0.4) is 0 Å². The summed E-state index contributed by atoms with van der Waals surface area (Å²) in [5.41, 5.74) is 5.24. The third-order valence-electron chi connectivity index (χ3n) is 2.91. The molecule has 1 atom stereocenters. The molecule has 2 aromatic rings. The third kappa shape index (κ3) is 3.07. The molecule has 0 aliphatic carbocycles. The zero-order chi connectivity index (χ0) is 12.8. The van der Waals surface area contributed by atoms with E-state index < -0.39 is 0 Å². The summed E-state index contributed by atoms with van der Waals surface area (Å²) < 4.78 is 5.31. The normalized spacial score (nSPS) is 12.3. The molecule has 0 amide bonds. The number of ether oxygens (including phenoxy) is 1. The highest BCUT2D eigenvalue weighted by molar-refractivity contribution is 7.07. The number of aryl methyl sites for hydroxylation is 1. The molecule has 0 aliphatic rings. The Morgan fingerprint density at radius 1 is 1.50 bits per heavy atom. The molecular weight excluding hydrogens is 246 g/mol. The molecule has 5 heteroatoms. The van der Waals surface area contributed by atoms with Gasteiger partial charge in [0.25, 0.3) is 0 Å². The molecule has 4 nitrogen and oxygen atoms in total. The standard InChI is InChI=1S/C13H17N3OS/c1-17-13-8-15-6-4-11(13)12(16-14)3-2-10-5-7-18-9-10/h4-9,12,16H,2-3,14H2,1H3. The second-order valence-electron chi connectivity index (χ2n) is 4.01. The summed E-state index contributed by atoms with van der Waals surface area (Å²) in [5, 5.41) is 4.25. The zero-order valence-electron chi connectivity index (χ0n) is 10.3. The largest absolute Gasteiger partial charge is 0.495 e. The molecule has 0 aromatic carbocycles. The van der Waals surface area contributed by atoms with Gasteiger partial charge in [-0.15, -0.1) is 0 Å². The first-order valence-corrected chi connectivity index (χ1v) is 6.74. The van der Waals surface area contributed by atoms with Crippen LogP contribution in [0.2, 0.25) is 0 Å². The summed E-state index contributed by atoms with van der Waals surface area (Å²) in [7, 11) is 1.65. The monoisotopic (exact) mass is 263 g/mol. The van der Waals surface area contributed by atoms with Gasteiger partial charge in [0, 0.05) is 11.8 Å². The van der Waals surface area contributed by atoms with E-state index in [0.717, 1.165) is 24.2 Å². The van der Waals surface area contributed by atoms with E-state index in [1.165, 1.54) is 5.56 Å². The molecular formula is C13H17N3OS. The molecule has 0 spiro atoms. The van der Waals surface area contributed by atoms with E-state index in [4.69, 9.17) is 10.6 Å². The summed E-state index contributed by atoms with van der Waals surface area (Å²) in [6.45, 7) is 0. The highest BCUT2D eigenvalue weighted by atomic mass is 32.1. The molecule has 0 radical (unpaired) electrons. The van der Waals surface area contributed by atoms with Gasteiger partial charge in [-0.3, -0.25) is 16.3 Å². The van der Waals surface area contributed by atoms with E-state index in [-0.39, 0.29) is 6.04 Å². The molecule has 1 unspecified atom stereocenters. The second kappa shape index (κ2) is 6.49. The molecule has 0 bridgehead atoms. The van der Waals surface area contributed by atoms with Crippen molar-refractivity contribution in [1.29, 1.82) is 0 Å². The summed E-state index contributed by atoms with van der Waals surface area (Å²) in [6.07, 6.45) is 5.38. The fourth-order valence-electron chi connectivity index (χ4n) is 1.92. The van der Waals surface area contributed by atoms with Gasteiger partial charge >= 0.3 is 0 Å². The van der Waals surface area contributed by atoms with Gasteiger partial charge < -0.3 is 4.74 Å². The Balaban J connectivity index is 2.08. The highest BCUT2D eigenvalue weighted by Gasteiger charge is 2.14. The van der Waals surface area contributed by atoms with Crippen molar-refractivity contribution in [3.05, 3.63) is 46.4 Å². The van der Waals surface area contributed by atoms with E-state index in [0.29, 0.717) is 0 Å². The molecule has 18 heavy (non-hydrogen) atoms. The lowest BCUT2D eigenvalue weighted by atomic mass is 10.0. The minimum atomic E-state index is 0.0721. The minimum absolute atomic E-state index is 0.0721. The quantitative estimate of drug-likeness (QED) is 0.620. The lowest BCUT2D eigenvalue weighted by Gasteiger charge is -2.18. The topological polar surface area (TPSA) is 60.2 Å². The molecule has 2 aromatic heterocycles. The van der Waals surface area contributed by atoms with Crippen LogP contribution in [0.1, 0.15) is 23.6 Å². The third-order valence-corrected chi connectivity index (χ3v) is 3.65. The predicted molar refractivity (Wildman–Crippen MR) is 73.5 cm³/mol. The molecule has 0 aliphatic heterocycles. The highest BCUT2D eigenvalue weighted by Crippen LogP contribution is 2.26. The van der Waals surface area contributed by atoms with Crippen LogP contribution < -0.4 is 16.0 Å². The second-order valence-corrected chi connectivity index (χ2v) is 4.79.